The molecule has 0 radical (unpaired) electrons. The Bertz CT molecular complexity index is 536. The number of aryl methyl sites for hydroxylation is 1. The summed E-state index contributed by atoms with van der Waals surface area (Å²) in [5.74, 6) is 1.63. The van der Waals surface area contributed by atoms with E-state index in [1.165, 1.54) is 24.8 Å². The number of rotatable bonds is 5. The minimum atomic E-state index is -0.152. The van der Waals surface area contributed by atoms with Crippen molar-refractivity contribution in [1.29, 1.82) is 0 Å². The Morgan fingerprint density at radius 2 is 2.14 bits per heavy atom. The fourth-order valence-electron chi connectivity index (χ4n) is 3.15. The first kappa shape index (κ1) is 14.3. The van der Waals surface area contributed by atoms with Gasteiger partial charge in [-0.2, -0.15) is 0 Å². The van der Waals surface area contributed by atoms with Crippen LogP contribution >= 0.6 is 0 Å². The highest BCUT2D eigenvalue weighted by atomic mass is 19.1. The average Bonchev–Trinajstić information content (AvgIpc) is 3.00. The number of halogens is 1. The van der Waals surface area contributed by atoms with Gasteiger partial charge in [0.1, 0.15) is 11.6 Å². The van der Waals surface area contributed by atoms with Gasteiger partial charge in [-0.05, 0) is 55.8 Å². The number of piperidine rings is 1. The summed E-state index contributed by atoms with van der Waals surface area (Å²) in [6.45, 7) is 3.22. The second kappa shape index (κ2) is 6.85. The van der Waals surface area contributed by atoms with E-state index >= 15 is 0 Å². The van der Waals surface area contributed by atoms with Crippen LogP contribution in [0.25, 0.3) is 0 Å². The van der Waals surface area contributed by atoms with Gasteiger partial charge in [-0.3, -0.25) is 4.90 Å². The van der Waals surface area contributed by atoms with E-state index in [4.69, 9.17) is 0 Å². The quantitative estimate of drug-likeness (QED) is 0.914. The molecule has 0 bridgehead atoms. The SMILES string of the molecule is Fc1ccc(CC[C@@H]2CCCN(Cc3ncc[nH]3)C2)cc1. The van der Waals surface area contributed by atoms with Crippen LogP contribution in [0.2, 0.25) is 0 Å². The number of benzene rings is 1. The molecule has 0 amide bonds. The first-order valence-corrected chi connectivity index (χ1v) is 7.74. The number of nitrogens with zero attached hydrogens (tertiary/aromatic N) is 2. The second-order valence-electron chi connectivity index (χ2n) is 5.94. The number of aromatic amines is 1. The maximum Gasteiger partial charge on any atom is 0.123 e. The average molecular weight is 287 g/mol. The van der Waals surface area contributed by atoms with Crippen molar-refractivity contribution in [1.82, 2.24) is 14.9 Å². The molecule has 0 aliphatic carbocycles. The number of hydrogen-bond donors (Lipinski definition) is 1. The van der Waals surface area contributed by atoms with Crippen molar-refractivity contribution in [3.63, 3.8) is 0 Å². The minimum Gasteiger partial charge on any atom is -0.348 e. The van der Waals surface area contributed by atoms with Crippen molar-refractivity contribution in [2.24, 2.45) is 5.92 Å². The smallest absolute Gasteiger partial charge is 0.123 e. The Balaban J connectivity index is 1.48. The van der Waals surface area contributed by atoms with E-state index in [0.29, 0.717) is 0 Å². The summed E-state index contributed by atoms with van der Waals surface area (Å²) in [6.07, 6.45) is 8.47. The van der Waals surface area contributed by atoms with Gasteiger partial charge >= 0.3 is 0 Å². The van der Waals surface area contributed by atoms with Crippen LogP contribution in [-0.2, 0) is 13.0 Å². The summed E-state index contributed by atoms with van der Waals surface area (Å²) in [6, 6.07) is 6.91. The molecular formula is C17H22FN3. The maximum atomic E-state index is 12.9. The normalized spacial score (nSPS) is 19.8. The molecule has 3 nitrogen and oxygen atoms in total. The van der Waals surface area contributed by atoms with Crippen molar-refractivity contribution in [2.45, 2.75) is 32.2 Å². The predicted molar refractivity (Wildman–Crippen MR) is 81.3 cm³/mol. The summed E-state index contributed by atoms with van der Waals surface area (Å²) in [7, 11) is 0. The van der Waals surface area contributed by atoms with Gasteiger partial charge in [0, 0.05) is 18.9 Å². The highest BCUT2D eigenvalue weighted by Crippen LogP contribution is 2.22. The van der Waals surface area contributed by atoms with Crippen LogP contribution < -0.4 is 0 Å². The largest absolute Gasteiger partial charge is 0.348 e. The van der Waals surface area contributed by atoms with E-state index in [1.54, 1.807) is 12.1 Å². The van der Waals surface area contributed by atoms with Crippen molar-refractivity contribution < 1.29 is 4.39 Å². The van der Waals surface area contributed by atoms with Gasteiger partial charge in [-0.25, -0.2) is 9.37 Å². The lowest BCUT2D eigenvalue weighted by molar-refractivity contribution is 0.159. The lowest BCUT2D eigenvalue weighted by Crippen LogP contribution is -2.35. The number of aromatic nitrogens is 2. The van der Waals surface area contributed by atoms with Crippen molar-refractivity contribution in [2.75, 3.05) is 13.1 Å². The third kappa shape index (κ3) is 4.14. The fourth-order valence-corrected chi connectivity index (χ4v) is 3.15. The number of likely N-dealkylation sites (tertiary alicyclic amines) is 1. The van der Waals surface area contributed by atoms with E-state index in [9.17, 15) is 4.39 Å². The molecule has 1 saturated heterocycles. The zero-order valence-electron chi connectivity index (χ0n) is 12.3. The Kier molecular flexibility index (Phi) is 4.65. The van der Waals surface area contributed by atoms with E-state index in [-0.39, 0.29) is 5.82 Å². The lowest BCUT2D eigenvalue weighted by Gasteiger charge is -2.32. The molecule has 1 aliphatic rings. The molecule has 0 unspecified atom stereocenters. The van der Waals surface area contributed by atoms with E-state index < -0.39 is 0 Å². The summed E-state index contributed by atoms with van der Waals surface area (Å²) in [5, 5.41) is 0. The molecule has 112 valence electrons. The van der Waals surface area contributed by atoms with Crippen molar-refractivity contribution in [3.05, 3.63) is 53.9 Å². The van der Waals surface area contributed by atoms with Gasteiger partial charge in [0.05, 0.1) is 6.54 Å². The molecule has 2 heterocycles. The summed E-state index contributed by atoms with van der Waals surface area (Å²) in [5.41, 5.74) is 1.24. The Morgan fingerprint density at radius 1 is 1.29 bits per heavy atom. The molecule has 4 heteroatoms. The number of H-pyrrole nitrogens is 1. The molecule has 2 aromatic rings. The third-order valence-corrected chi connectivity index (χ3v) is 4.29. The zero-order valence-corrected chi connectivity index (χ0v) is 12.3. The Morgan fingerprint density at radius 3 is 2.90 bits per heavy atom. The van der Waals surface area contributed by atoms with Crippen LogP contribution in [0.4, 0.5) is 4.39 Å². The van der Waals surface area contributed by atoms with Gasteiger partial charge in [0.15, 0.2) is 0 Å². The summed E-state index contributed by atoms with van der Waals surface area (Å²) < 4.78 is 12.9. The van der Waals surface area contributed by atoms with Crippen LogP contribution in [0.1, 0.15) is 30.7 Å². The summed E-state index contributed by atoms with van der Waals surface area (Å²) >= 11 is 0. The third-order valence-electron chi connectivity index (χ3n) is 4.29. The molecule has 1 aromatic carbocycles. The van der Waals surface area contributed by atoms with Gasteiger partial charge < -0.3 is 4.98 Å². The van der Waals surface area contributed by atoms with E-state index in [1.807, 2.05) is 24.5 Å². The predicted octanol–water partition coefficient (Wildman–Crippen LogP) is 3.39. The topological polar surface area (TPSA) is 31.9 Å². The Hall–Kier alpha value is -1.68. The molecule has 0 spiro atoms. The highest BCUT2D eigenvalue weighted by molar-refractivity contribution is 5.16. The van der Waals surface area contributed by atoms with Crippen LogP contribution in [0.15, 0.2) is 36.7 Å². The summed E-state index contributed by atoms with van der Waals surface area (Å²) in [4.78, 5) is 9.96. The van der Waals surface area contributed by atoms with Gasteiger partial charge in [-0.15, -0.1) is 0 Å². The van der Waals surface area contributed by atoms with Gasteiger partial charge in [0.25, 0.3) is 0 Å². The van der Waals surface area contributed by atoms with Crippen LogP contribution in [0.5, 0.6) is 0 Å². The molecular weight excluding hydrogens is 265 g/mol. The molecule has 3 rings (SSSR count). The zero-order chi connectivity index (χ0) is 14.5. The van der Waals surface area contributed by atoms with E-state index in [0.717, 1.165) is 37.8 Å². The fraction of sp³-hybridized carbons (Fsp3) is 0.471. The van der Waals surface area contributed by atoms with Crippen LogP contribution in [0.3, 0.4) is 0 Å². The minimum absolute atomic E-state index is 0.152. The van der Waals surface area contributed by atoms with Crippen molar-refractivity contribution >= 4 is 0 Å². The molecule has 21 heavy (non-hydrogen) atoms. The monoisotopic (exact) mass is 287 g/mol. The van der Waals surface area contributed by atoms with Crippen LogP contribution in [0, 0.1) is 11.7 Å². The first-order valence-electron chi connectivity index (χ1n) is 7.74. The lowest BCUT2D eigenvalue weighted by atomic mass is 9.91. The molecule has 0 saturated carbocycles. The molecule has 1 atom stereocenters. The van der Waals surface area contributed by atoms with Crippen molar-refractivity contribution in [3.8, 4) is 0 Å². The first-order chi connectivity index (χ1) is 10.3. The maximum absolute atomic E-state index is 12.9. The number of imidazole rings is 1. The molecule has 1 fully saturated rings. The Labute approximate surface area is 125 Å². The molecule has 1 aromatic heterocycles. The van der Waals surface area contributed by atoms with Gasteiger partial charge in [0.2, 0.25) is 0 Å². The standard InChI is InChI=1S/C17H22FN3/c18-16-7-5-14(6-8-16)3-4-15-2-1-11-21(12-15)13-17-19-9-10-20-17/h5-10,15H,1-4,11-13H2,(H,19,20)/t15-/m0/s1. The second-order valence-corrected chi connectivity index (χ2v) is 5.94. The number of hydrogen-bond acceptors (Lipinski definition) is 2. The molecule has 1 N–H and O–H groups in total. The van der Waals surface area contributed by atoms with Crippen LogP contribution in [-0.4, -0.2) is 28.0 Å². The molecule has 1 aliphatic heterocycles. The highest BCUT2D eigenvalue weighted by Gasteiger charge is 2.20. The van der Waals surface area contributed by atoms with E-state index in [2.05, 4.69) is 14.9 Å². The number of nitrogens with one attached hydrogen (secondary N) is 1. The van der Waals surface area contributed by atoms with Gasteiger partial charge in [-0.1, -0.05) is 12.1 Å².